The lowest BCUT2D eigenvalue weighted by molar-refractivity contribution is 0.238. The van der Waals surface area contributed by atoms with E-state index in [0.29, 0.717) is 5.88 Å². The van der Waals surface area contributed by atoms with Crippen molar-refractivity contribution in [2.45, 2.75) is 32.1 Å². The summed E-state index contributed by atoms with van der Waals surface area (Å²) in [7, 11) is 0. The maximum absolute atomic E-state index is 12.7. The van der Waals surface area contributed by atoms with Crippen molar-refractivity contribution in [2.75, 3.05) is 17.7 Å². The van der Waals surface area contributed by atoms with Crippen molar-refractivity contribution in [1.82, 2.24) is 4.98 Å². The molecule has 0 radical (unpaired) electrons. The lowest BCUT2D eigenvalue weighted by atomic mass is 9.75. The summed E-state index contributed by atoms with van der Waals surface area (Å²) in [6.45, 7) is 0.829. The summed E-state index contributed by atoms with van der Waals surface area (Å²) in [6, 6.07) is 3.09. The van der Waals surface area contributed by atoms with Gasteiger partial charge in [-0.25, -0.2) is 9.37 Å². The third kappa shape index (κ3) is 3.32. The van der Waals surface area contributed by atoms with Crippen LogP contribution in [0, 0.1) is 11.2 Å². The number of pyridine rings is 1. The van der Waals surface area contributed by atoms with Crippen LogP contribution in [0.3, 0.4) is 0 Å². The van der Waals surface area contributed by atoms with E-state index < -0.39 is 0 Å². The van der Waals surface area contributed by atoms with Crippen molar-refractivity contribution >= 4 is 17.4 Å². The molecule has 0 amide bonds. The number of rotatable bonds is 4. The van der Waals surface area contributed by atoms with Crippen molar-refractivity contribution in [1.29, 1.82) is 0 Å². The standard InChI is InChI=1S/C13H18ClFN2/c14-9-13(6-2-1-3-7-13)10-17-12-5-4-11(15)8-16-12/h4-5,8H,1-3,6-7,9-10H2,(H,16,17). The second-order valence-corrected chi connectivity index (χ2v) is 5.18. The van der Waals surface area contributed by atoms with Crippen LogP contribution in [-0.4, -0.2) is 17.4 Å². The molecular formula is C13H18ClFN2. The Kier molecular flexibility index (Phi) is 4.21. The van der Waals surface area contributed by atoms with Crippen LogP contribution in [0.4, 0.5) is 10.2 Å². The minimum absolute atomic E-state index is 0.190. The molecule has 94 valence electrons. The van der Waals surface area contributed by atoms with Gasteiger partial charge in [0.05, 0.1) is 6.20 Å². The van der Waals surface area contributed by atoms with E-state index in [-0.39, 0.29) is 11.2 Å². The molecule has 0 unspecified atom stereocenters. The molecule has 0 spiro atoms. The van der Waals surface area contributed by atoms with E-state index in [4.69, 9.17) is 11.6 Å². The van der Waals surface area contributed by atoms with Crippen molar-refractivity contribution < 1.29 is 4.39 Å². The van der Waals surface area contributed by atoms with Crippen molar-refractivity contribution in [3.8, 4) is 0 Å². The zero-order valence-corrected chi connectivity index (χ0v) is 10.6. The minimum atomic E-state index is -0.305. The van der Waals surface area contributed by atoms with Crippen LogP contribution in [0.2, 0.25) is 0 Å². The van der Waals surface area contributed by atoms with Crippen LogP contribution < -0.4 is 5.32 Å². The highest BCUT2D eigenvalue weighted by Gasteiger charge is 2.30. The van der Waals surface area contributed by atoms with Gasteiger partial charge in [-0.3, -0.25) is 0 Å². The summed E-state index contributed by atoms with van der Waals surface area (Å²) in [5, 5.41) is 3.27. The van der Waals surface area contributed by atoms with Gasteiger partial charge in [-0.1, -0.05) is 19.3 Å². The average molecular weight is 257 g/mol. The van der Waals surface area contributed by atoms with Crippen molar-refractivity contribution in [3.05, 3.63) is 24.1 Å². The number of anilines is 1. The third-order valence-corrected chi connectivity index (χ3v) is 4.14. The van der Waals surface area contributed by atoms with E-state index in [9.17, 15) is 4.39 Å². The van der Waals surface area contributed by atoms with Gasteiger partial charge in [0, 0.05) is 17.8 Å². The normalized spacial score (nSPS) is 18.9. The van der Waals surface area contributed by atoms with E-state index >= 15 is 0 Å². The Morgan fingerprint density at radius 3 is 2.65 bits per heavy atom. The highest BCUT2D eigenvalue weighted by molar-refractivity contribution is 6.18. The maximum atomic E-state index is 12.7. The number of hydrogen-bond donors (Lipinski definition) is 1. The van der Waals surface area contributed by atoms with Crippen molar-refractivity contribution in [2.24, 2.45) is 5.41 Å². The first-order chi connectivity index (χ1) is 8.24. The molecule has 2 rings (SSSR count). The zero-order chi connectivity index (χ0) is 12.1. The van der Waals surface area contributed by atoms with Gasteiger partial charge in [-0.2, -0.15) is 0 Å². The predicted octanol–water partition coefficient (Wildman–Crippen LogP) is 3.82. The van der Waals surface area contributed by atoms with E-state index in [1.165, 1.54) is 44.4 Å². The molecule has 0 atom stereocenters. The fraction of sp³-hybridized carbons (Fsp3) is 0.615. The molecule has 1 heterocycles. The molecule has 0 saturated heterocycles. The van der Waals surface area contributed by atoms with Crippen LogP contribution in [0.25, 0.3) is 0 Å². The Bertz CT molecular complexity index is 347. The quantitative estimate of drug-likeness (QED) is 0.829. The summed E-state index contributed by atoms with van der Waals surface area (Å²) in [5.74, 6) is 1.10. The van der Waals surface area contributed by atoms with Crippen LogP contribution in [0.15, 0.2) is 18.3 Å². The first-order valence-corrected chi connectivity index (χ1v) is 6.69. The molecule has 2 nitrogen and oxygen atoms in total. The van der Waals surface area contributed by atoms with Gasteiger partial charge in [0.25, 0.3) is 0 Å². The van der Waals surface area contributed by atoms with Gasteiger partial charge in [-0.05, 0) is 25.0 Å². The summed E-state index contributed by atoms with van der Waals surface area (Å²) in [5.41, 5.74) is 0.190. The minimum Gasteiger partial charge on any atom is -0.369 e. The molecule has 1 aromatic rings. The average Bonchev–Trinajstić information content (AvgIpc) is 2.39. The highest BCUT2D eigenvalue weighted by atomic mass is 35.5. The molecule has 0 bridgehead atoms. The highest BCUT2D eigenvalue weighted by Crippen LogP contribution is 2.37. The van der Waals surface area contributed by atoms with Gasteiger partial charge in [0.1, 0.15) is 11.6 Å². The molecule has 17 heavy (non-hydrogen) atoms. The third-order valence-electron chi connectivity index (χ3n) is 3.57. The summed E-state index contributed by atoms with van der Waals surface area (Å²) >= 11 is 6.11. The molecule has 1 fully saturated rings. The topological polar surface area (TPSA) is 24.9 Å². The summed E-state index contributed by atoms with van der Waals surface area (Å²) < 4.78 is 12.7. The number of hydrogen-bond acceptors (Lipinski definition) is 2. The van der Waals surface area contributed by atoms with E-state index in [1.807, 2.05) is 0 Å². The summed E-state index contributed by atoms with van der Waals surface area (Å²) in [4.78, 5) is 4.00. The fourth-order valence-electron chi connectivity index (χ4n) is 2.42. The van der Waals surface area contributed by atoms with Gasteiger partial charge in [0.2, 0.25) is 0 Å². The van der Waals surface area contributed by atoms with Crippen LogP contribution in [-0.2, 0) is 0 Å². The Hall–Kier alpha value is -0.830. The Morgan fingerprint density at radius 1 is 1.29 bits per heavy atom. The molecule has 1 saturated carbocycles. The van der Waals surface area contributed by atoms with Gasteiger partial charge < -0.3 is 5.32 Å². The molecule has 1 N–H and O–H groups in total. The zero-order valence-electron chi connectivity index (χ0n) is 9.88. The first kappa shape index (κ1) is 12.6. The van der Waals surface area contributed by atoms with E-state index in [2.05, 4.69) is 10.3 Å². The number of aromatic nitrogens is 1. The molecular weight excluding hydrogens is 239 g/mol. The first-order valence-electron chi connectivity index (χ1n) is 6.16. The molecule has 1 aliphatic rings. The molecule has 0 aromatic carbocycles. The SMILES string of the molecule is Fc1ccc(NCC2(CCl)CCCCC2)nc1. The Morgan fingerprint density at radius 2 is 2.06 bits per heavy atom. The van der Waals surface area contributed by atoms with Crippen LogP contribution >= 0.6 is 11.6 Å². The molecule has 4 heteroatoms. The van der Waals surface area contributed by atoms with Gasteiger partial charge in [-0.15, -0.1) is 11.6 Å². The number of nitrogens with one attached hydrogen (secondary N) is 1. The van der Waals surface area contributed by atoms with Crippen molar-refractivity contribution in [3.63, 3.8) is 0 Å². The number of alkyl halides is 1. The second kappa shape index (κ2) is 5.67. The molecule has 0 aliphatic heterocycles. The van der Waals surface area contributed by atoms with Gasteiger partial charge >= 0.3 is 0 Å². The lowest BCUT2D eigenvalue weighted by Gasteiger charge is -2.35. The lowest BCUT2D eigenvalue weighted by Crippen LogP contribution is -2.34. The monoisotopic (exact) mass is 256 g/mol. The number of halogens is 2. The second-order valence-electron chi connectivity index (χ2n) is 4.91. The molecule has 1 aliphatic carbocycles. The molecule has 1 aromatic heterocycles. The maximum Gasteiger partial charge on any atom is 0.141 e. The fourth-order valence-corrected chi connectivity index (χ4v) is 2.78. The van der Waals surface area contributed by atoms with Crippen LogP contribution in [0.1, 0.15) is 32.1 Å². The summed E-state index contributed by atoms with van der Waals surface area (Å²) in [6.07, 6.45) is 7.40. The smallest absolute Gasteiger partial charge is 0.141 e. The predicted molar refractivity (Wildman–Crippen MR) is 68.9 cm³/mol. The number of nitrogens with zero attached hydrogens (tertiary/aromatic N) is 1. The largest absolute Gasteiger partial charge is 0.369 e. The van der Waals surface area contributed by atoms with Gasteiger partial charge in [0.15, 0.2) is 0 Å². The Labute approximate surface area is 107 Å². The van der Waals surface area contributed by atoms with E-state index in [0.717, 1.165) is 12.4 Å². The van der Waals surface area contributed by atoms with Crippen LogP contribution in [0.5, 0.6) is 0 Å². The Balaban J connectivity index is 1.93. The van der Waals surface area contributed by atoms with E-state index in [1.54, 1.807) is 6.07 Å².